The van der Waals surface area contributed by atoms with Gasteiger partial charge < -0.3 is 19.1 Å². The Bertz CT molecular complexity index is 550. The zero-order chi connectivity index (χ0) is 16.8. The highest BCUT2D eigenvalue weighted by atomic mass is 32.1. The van der Waals surface area contributed by atoms with Gasteiger partial charge in [0.25, 0.3) is 0 Å². The number of aromatic nitrogens is 2. The van der Waals surface area contributed by atoms with Gasteiger partial charge in [0.2, 0.25) is 5.91 Å². The maximum absolute atomic E-state index is 12.4. The number of esters is 1. The summed E-state index contributed by atoms with van der Waals surface area (Å²) in [5.41, 5.74) is 0.783. The first-order valence-electron chi connectivity index (χ1n) is 7.32. The topological polar surface area (TPSA) is 90.9 Å². The zero-order valence-electron chi connectivity index (χ0n) is 13.5. The molecule has 0 aromatic carbocycles. The van der Waals surface area contributed by atoms with Gasteiger partial charge in [0, 0.05) is 40.2 Å². The van der Waals surface area contributed by atoms with Gasteiger partial charge in [-0.15, -0.1) is 5.10 Å². The summed E-state index contributed by atoms with van der Waals surface area (Å²) in [4.78, 5) is 26.3. The highest BCUT2D eigenvalue weighted by Gasteiger charge is 2.33. The molecule has 0 fully saturated rings. The smallest absolute Gasteiger partial charge is 0.306 e. The Balaban J connectivity index is 2.12. The van der Waals surface area contributed by atoms with Crippen molar-refractivity contribution in [2.45, 2.75) is 31.5 Å². The van der Waals surface area contributed by atoms with Gasteiger partial charge in [-0.2, -0.15) is 0 Å². The van der Waals surface area contributed by atoms with Crippen molar-refractivity contribution in [2.75, 3.05) is 34.4 Å². The van der Waals surface area contributed by atoms with Gasteiger partial charge in [0.1, 0.15) is 17.9 Å². The third-order valence-corrected chi connectivity index (χ3v) is 4.68. The molecule has 128 valence electrons. The fourth-order valence-corrected chi connectivity index (χ4v) is 3.24. The van der Waals surface area contributed by atoms with Crippen LogP contribution in [0.5, 0.6) is 0 Å². The van der Waals surface area contributed by atoms with Crippen LogP contribution in [-0.2, 0) is 30.2 Å². The van der Waals surface area contributed by atoms with Crippen LogP contribution < -0.4 is 0 Å². The number of carbonyl (C=O) groups excluding carboxylic acids is 2. The zero-order valence-corrected chi connectivity index (χ0v) is 14.3. The van der Waals surface area contributed by atoms with Crippen LogP contribution in [0.3, 0.4) is 0 Å². The van der Waals surface area contributed by atoms with Crippen molar-refractivity contribution in [3.05, 3.63) is 10.6 Å². The summed E-state index contributed by atoms with van der Waals surface area (Å²) in [5.74, 6) is -0.495. The van der Waals surface area contributed by atoms with Crippen molar-refractivity contribution in [1.82, 2.24) is 14.5 Å². The molecule has 0 unspecified atom stereocenters. The molecule has 0 bridgehead atoms. The predicted molar refractivity (Wildman–Crippen MR) is 82.0 cm³/mol. The van der Waals surface area contributed by atoms with Crippen molar-refractivity contribution < 1.29 is 23.8 Å². The molecule has 0 N–H and O–H groups in total. The standard InChI is InChI=1S/C14H21N3O5S/c1-20-9-8-17(11(18)4-5-12(19)21-2)7-6-10-13(14(9)22-3)15-16-23-10/h9,14H,4-8H2,1-3H3/t9-,14+/m0/s1. The van der Waals surface area contributed by atoms with E-state index >= 15 is 0 Å². The van der Waals surface area contributed by atoms with Crippen molar-refractivity contribution >= 4 is 23.4 Å². The summed E-state index contributed by atoms with van der Waals surface area (Å²) in [6.07, 6.45) is 0.141. The molecule has 0 aliphatic carbocycles. The van der Waals surface area contributed by atoms with E-state index in [1.807, 2.05) is 0 Å². The van der Waals surface area contributed by atoms with Gasteiger partial charge in [-0.1, -0.05) is 4.49 Å². The van der Waals surface area contributed by atoms with E-state index in [1.165, 1.54) is 18.6 Å². The van der Waals surface area contributed by atoms with Crippen LogP contribution >= 0.6 is 11.5 Å². The van der Waals surface area contributed by atoms with Crippen LogP contribution in [0.2, 0.25) is 0 Å². The normalized spacial score (nSPS) is 21.3. The number of amides is 1. The summed E-state index contributed by atoms with van der Waals surface area (Å²) in [7, 11) is 4.48. The monoisotopic (exact) mass is 343 g/mol. The molecule has 0 saturated carbocycles. The molecule has 1 aromatic heterocycles. The molecule has 9 heteroatoms. The molecular weight excluding hydrogens is 322 g/mol. The van der Waals surface area contributed by atoms with Gasteiger partial charge in [-0.3, -0.25) is 9.59 Å². The lowest BCUT2D eigenvalue weighted by molar-refractivity contribution is -0.144. The van der Waals surface area contributed by atoms with Crippen LogP contribution in [-0.4, -0.2) is 66.9 Å². The molecule has 1 aliphatic heterocycles. The molecule has 2 atom stereocenters. The molecule has 23 heavy (non-hydrogen) atoms. The molecule has 0 radical (unpaired) electrons. The Labute approximate surface area is 138 Å². The molecule has 2 rings (SSSR count). The number of hydrogen-bond donors (Lipinski definition) is 0. The number of rotatable bonds is 5. The lowest BCUT2D eigenvalue weighted by Crippen LogP contribution is -2.44. The van der Waals surface area contributed by atoms with E-state index in [2.05, 4.69) is 14.3 Å². The summed E-state index contributed by atoms with van der Waals surface area (Å²) < 4.78 is 19.6. The van der Waals surface area contributed by atoms with Gasteiger partial charge in [-0.25, -0.2) is 0 Å². The molecule has 0 saturated heterocycles. The second kappa shape index (κ2) is 8.32. The van der Waals surface area contributed by atoms with Crippen LogP contribution in [0, 0.1) is 0 Å². The Morgan fingerprint density at radius 3 is 2.70 bits per heavy atom. The van der Waals surface area contributed by atoms with Crippen LogP contribution in [0.4, 0.5) is 0 Å². The fourth-order valence-electron chi connectivity index (χ4n) is 2.58. The Kier molecular flexibility index (Phi) is 6.43. The second-order valence-electron chi connectivity index (χ2n) is 5.18. The molecule has 1 aromatic rings. The Morgan fingerprint density at radius 2 is 2.04 bits per heavy atom. The van der Waals surface area contributed by atoms with Crippen molar-refractivity contribution in [3.63, 3.8) is 0 Å². The molecule has 8 nitrogen and oxygen atoms in total. The van der Waals surface area contributed by atoms with E-state index in [0.29, 0.717) is 19.5 Å². The van der Waals surface area contributed by atoms with E-state index in [0.717, 1.165) is 10.6 Å². The van der Waals surface area contributed by atoms with E-state index in [1.54, 1.807) is 19.1 Å². The van der Waals surface area contributed by atoms with Gasteiger partial charge in [0.05, 0.1) is 18.4 Å². The molecular formula is C14H21N3O5S. The number of carbonyl (C=O) groups is 2. The summed E-state index contributed by atoms with van der Waals surface area (Å²) in [6.45, 7) is 0.916. The predicted octanol–water partition coefficient (Wildman–Crippen LogP) is 0.578. The average Bonchev–Trinajstić information content (AvgIpc) is 3.00. The van der Waals surface area contributed by atoms with Crippen LogP contribution in [0.1, 0.15) is 29.5 Å². The van der Waals surface area contributed by atoms with Crippen molar-refractivity contribution in [2.24, 2.45) is 0 Å². The highest BCUT2D eigenvalue weighted by Crippen LogP contribution is 2.29. The minimum atomic E-state index is -0.391. The first kappa shape index (κ1) is 17.8. The molecule has 0 spiro atoms. The maximum Gasteiger partial charge on any atom is 0.306 e. The average molecular weight is 343 g/mol. The van der Waals surface area contributed by atoms with E-state index < -0.39 is 5.97 Å². The lowest BCUT2D eigenvalue weighted by Gasteiger charge is -2.32. The summed E-state index contributed by atoms with van der Waals surface area (Å²) in [5, 5.41) is 4.15. The molecule has 1 aliphatic rings. The highest BCUT2D eigenvalue weighted by molar-refractivity contribution is 7.05. The van der Waals surface area contributed by atoms with Crippen LogP contribution in [0.25, 0.3) is 0 Å². The lowest BCUT2D eigenvalue weighted by atomic mass is 10.0. The number of ether oxygens (including phenoxy) is 3. The third-order valence-electron chi connectivity index (χ3n) is 3.88. The van der Waals surface area contributed by atoms with Crippen molar-refractivity contribution in [1.29, 1.82) is 0 Å². The molecule has 2 heterocycles. The quantitative estimate of drug-likeness (QED) is 0.722. The van der Waals surface area contributed by atoms with E-state index in [4.69, 9.17) is 9.47 Å². The number of methoxy groups -OCH3 is 3. The fraction of sp³-hybridized carbons (Fsp3) is 0.714. The minimum absolute atomic E-state index is 0.0740. The van der Waals surface area contributed by atoms with Crippen molar-refractivity contribution in [3.8, 4) is 0 Å². The molecule has 1 amide bonds. The minimum Gasteiger partial charge on any atom is -0.469 e. The van der Waals surface area contributed by atoms with Gasteiger partial charge >= 0.3 is 5.97 Å². The number of fused-ring (bicyclic) bond motifs is 1. The summed E-state index contributed by atoms with van der Waals surface area (Å²) in [6, 6.07) is 0. The Morgan fingerprint density at radius 1 is 1.26 bits per heavy atom. The largest absolute Gasteiger partial charge is 0.469 e. The first-order valence-corrected chi connectivity index (χ1v) is 8.09. The third kappa shape index (κ3) is 4.24. The second-order valence-corrected chi connectivity index (χ2v) is 6.02. The SMILES string of the molecule is COC(=O)CCC(=O)N1CCc2snnc2[C@H](OC)[C@@H](OC)C1. The summed E-state index contributed by atoms with van der Waals surface area (Å²) >= 11 is 1.31. The first-order chi connectivity index (χ1) is 11.1. The van der Waals surface area contributed by atoms with Gasteiger partial charge in [-0.05, 0) is 11.5 Å². The number of nitrogens with zero attached hydrogens (tertiary/aromatic N) is 3. The van der Waals surface area contributed by atoms with Gasteiger partial charge in [0.15, 0.2) is 0 Å². The Hall–Kier alpha value is -1.58. The van der Waals surface area contributed by atoms with E-state index in [-0.39, 0.29) is 31.0 Å². The maximum atomic E-state index is 12.4. The van der Waals surface area contributed by atoms with Crippen LogP contribution in [0.15, 0.2) is 0 Å². The number of hydrogen-bond acceptors (Lipinski definition) is 8. The van der Waals surface area contributed by atoms with E-state index in [9.17, 15) is 9.59 Å².